The van der Waals surface area contributed by atoms with Gasteiger partial charge in [-0.3, -0.25) is 4.79 Å². The predicted octanol–water partition coefficient (Wildman–Crippen LogP) is 2.75. The summed E-state index contributed by atoms with van der Waals surface area (Å²) in [6.07, 6.45) is 5.20. The molecule has 0 aliphatic heterocycles. The second-order valence-electron chi connectivity index (χ2n) is 5.14. The average Bonchev–Trinajstić information content (AvgIpc) is 2.48. The van der Waals surface area contributed by atoms with Crippen LogP contribution in [0, 0.1) is 0 Å². The molecular weight excluding hydrogens is 300 g/mol. The molecule has 0 bridgehead atoms. The van der Waals surface area contributed by atoms with Crippen molar-refractivity contribution in [1.29, 1.82) is 0 Å². The number of rotatable bonds is 4. The number of hydrogen-bond donors (Lipinski definition) is 1. The van der Waals surface area contributed by atoms with Gasteiger partial charge in [-0.1, -0.05) is 19.3 Å². The Morgan fingerprint density at radius 2 is 1.67 bits per heavy atom. The van der Waals surface area contributed by atoms with Crippen LogP contribution in [0.3, 0.4) is 0 Å². The number of alkyl halides is 2. The summed E-state index contributed by atoms with van der Waals surface area (Å²) in [4.78, 5) is 11.5. The Kier molecular flexibility index (Phi) is 4.92. The lowest BCUT2D eigenvalue weighted by molar-refractivity contribution is 0.0927. The summed E-state index contributed by atoms with van der Waals surface area (Å²) in [5.41, 5.74) is 0.272. The van der Waals surface area contributed by atoms with E-state index in [1.54, 1.807) is 0 Å². The van der Waals surface area contributed by atoms with Crippen LogP contribution in [0.15, 0.2) is 29.2 Å². The Bertz CT molecular complexity index is 593. The molecular formula is C14H17F2NO3S. The summed E-state index contributed by atoms with van der Waals surface area (Å²) in [6, 6.07) is 4.73. The Morgan fingerprint density at radius 1 is 1.10 bits per heavy atom. The third kappa shape index (κ3) is 3.78. The van der Waals surface area contributed by atoms with Crippen LogP contribution < -0.4 is 5.32 Å². The molecule has 0 saturated heterocycles. The van der Waals surface area contributed by atoms with Gasteiger partial charge in [-0.25, -0.2) is 8.42 Å². The molecule has 4 nitrogen and oxygen atoms in total. The molecule has 1 aliphatic rings. The van der Waals surface area contributed by atoms with Gasteiger partial charge >= 0.3 is 5.76 Å². The zero-order valence-electron chi connectivity index (χ0n) is 11.4. The molecule has 21 heavy (non-hydrogen) atoms. The molecule has 1 saturated carbocycles. The Morgan fingerprint density at radius 3 is 2.19 bits per heavy atom. The van der Waals surface area contributed by atoms with Gasteiger partial charge in [0.15, 0.2) is 0 Å². The summed E-state index contributed by atoms with van der Waals surface area (Å²) in [5.74, 6) is -3.76. The summed E-state index contributed by atoms with van der Waals surface area (Å²) in [5, 5.41) is 2.88. The number of halogens is 2. The highest BCUT2D eigenvalue weighted by Gasteiger charge is 2.26. The monoisotopic (exact) mass is 317 g/mol. The van der Waals surface area contributed by atoms with Crippen molar-refractivity contribution in [3.8, 4) is 0 Å². The SMILES string of the molecule is O=C(NC1CCCCC1)c1ccc(S(=O)(=O)C(F)F)cc1. The maximum atomic E-state index is 12.4. The molecule has 1 aliphatic carbocycles. The molecule has 1 amide bonds. The fourth-order valence-electron chi connectivity index (χ4n) is 2.41. The minimum Gasteiger partial charge on any atom is -0.349 e. The molecule has 0 radical (unpaired) electrons. The van der Waals surface area contributed by atoms with E-state index >= 15 is 0 Å². The van der Waals surface area contributed by atoms with Crippen LogP contribution in [0.2, 0.25) is 0 Å². The van der Waals surface area contributed by atoms with Crippen LogP contribution in [0.1, 0.15) is 42.5 Å². The van der Waals surface area contributed by atoms with Gasteiger partial charge in [-0.05, 0) is 37.1 Å². The van der Waals surface area contributed by atoms with Gasteiger partial charge in [0, 0.05) is 11.6 Å². The first kappa shape index (κ1) is 15.9. The first-order valence-electron chi connectivity index (χ1n) is 6.84. The van der Waals surface area contributed by atoms with Crippen molar-refractivity contribution in [1.82, 2.24) is 5.32 Å². The lowest BCUT2D eigenvalue weighted by Crippen LogP contribution is -2.36. The van der Waals surface area contributed by atoms with Crippen LogP contribution in [0.5, 0.6) is 0 Å². The highest BCUT2D eigenvalue weighted by atomic mass is 32.2. The third-order valence-corrected chi connectivity index (χ3v) is 5.02. The van der Waals surface area contributed by atoms with Crippen molar-refractivity contribution in [2.75, 3.05) is 0 Å². The third-order valence-electron chi connectivity index (χ3n) is 3.62. The maximum absolute atomic E-state index is 12.4. The van der Waals surface area contributed by atoms with Crippen molar-refractivity contribution in [2.24, 2.45) is 0 Å². The van der Waals surface area contributed by atoms with E-state index in [1.165, 1.54) is 18.6 Å². The van der Waals surface area contributed by atoms with E-state index in [0.717, 1.165) is 37.8 Å². The first-order valence-corrected chi connectivity index (χ1v) is 8.39. The largest absolute Gasteiger partial charge is 0.349 e. The smallest absolute Gasteiger partial charge is 0.341 e. The molecule has 1 aromatic carbocycles. The van der Waals surface area contributed by atoms with Crippen LogP contribution in [0.25, 0.3) is 0 Å². The number of nitrogens with one attached hydrogen (secondary N) is 1. The van der Waals surface area contributed by atoms with Gasteiger partial charge in [0.05, 0.1) is 4.90 Å². The number of carbonyl (C=O) groups is 1. The van der Waals surface area contributed by atoms with E-state index in [1.807, 2.05) is 0 Å². The Hall–Kier alpha value is -1.50. The summed E-state index contributed by atoms with van der Waals surface area (Å²) < 4.78 is 47.4. The van der Waals surface area contributed by atoms with Gasteiger partial charge < -0.3 is 5.32 Å². The van der Waals surface area contributed by atoms with Crippen molar-refractivity contribution in [2.45, 2.75) is 48.8 Å². The number of benzene rings is 1. The molecule has 2 rings (SSSR count). The molecule has 0 heterocycles. The van der Waals surface area contributed by atoms with E-state index in [4.69, 9.17) is 0 Å². The summed E-state index contributed by atoms with van der Waals surface area (Å²) in [6.45, 7) is 0. The lowest BCUT2D eigenvalue weighted by Gasteiger charge is -2.22. The zero-order valence-corrected chi connectivity index (χ0v) is 12.2. The molecule has 1 aromatic rings. The Balaban J connectivity index is 2.06. The molecule has 1 N–H and O–H groups in total. The van der Waals surface area contributed by atoms with E-state index in [-0.39, 0.29) is 17.5 Å². The van der Waals surface area contributed by atoms with Gasteiger partial charge in [-0.2, -0.15) is 8.78 Å². The number of sulfone groups is 1. The maximum Gasteiger partial charge on any atom is 0.341 e. The van der Waals surface area contributed by atoms with Crippen molar-refractivity contribution < 1.29 is 22.0 Å². The van der Waals surface area contributed by atoms with Crippen LogP contribution in [0.4, 0.5) is 8.78 Å². The number of carbonyl (C=O) groups excluding carboxylic acids is 1. The van der Waals surface area contributed by atoms with E-state index in [0.29, 0.717) is 0 Å². The first-order chi connectivity index (χ1) is 9.91. The Labute approximate surface area is 122 Å². The second-order valence-corrected chi connectivity index (χ2v) is 7.06. The van der Waals surface area contributed by atoms with Crippen molar-refractivity contribution >= 4 is 15.7 Å². The molecule has 116 valence electrons. The fraction of sp³-hybridized carbons (Fsp3) is 0.500. The highest BCUT2D eigenvalue weighted by molar-refractivity contribution is 7.91. The van der Waals surface area contributed by atoms with Gasteiger partial charge in [0.1, 0.15) is 0 Å². The predicted molar refractivity (Wildman–Crippen MR) is 74.0 cm³/mol. The van der Waals surface area contributed by atoms with Crippen LogP contribution in [-0.4, -0.2) is 26.1 Å². The molecule has 0 spiro atoms. The number of amides is 1. The summed E-state index contributed by atoms with van der Waals surface area (Å²) in [7, 11) is -4.61. The standard InChI is InChI=1S/C14H17F2NO3S/c15-14(16)21(19,20)12-8-6-10(7-9-12)13(18)17-11-4-2-1-3-5-11/h6-9,11,14H,1-5H2,(H,17,18). The second kappa shape index (κ2) is 6.51. The van der Waals surface area contributed by atoms with Crippen molar-refractivity contribution in [3.63, 3.8) is 0 Å². The normalized spacial score (nSPS) is 16.9. The quantitative estimate of drug-likeness (QED) is 0.929. The lowest BCUT2D eigenvalue weighted by atomic mass is 9.95. The van der Waals surface area contributed by atoms with E-state index in [2.05, 4.69) is 5.32 Å². The fourth-order valence-corrected chi connectivity index (χ4v) is 3.14. The topological polar surface area (TPSA) is 63.2 Å². The average molecular weight is 317 g/mol. The van der Waals surface area contributed by atoms with Gasteiger partial charge in [0.2, 0.25) is 9.84 Å². The molecule has 0 aromatic heterocycles. The van der Waals surface area contributed by atoms with Gasteiger partial charge in [-0.15, -0.1) is 0 Å². The van der Waals surface area contributed by atoms with Crippen LogP contribution >= 0.6 is 0 Å². The van der Waals surface area contributed by atoms with Crippen LogP contribution in [-0.2, 0) is 9.84 Å². The highest BCUT2D eigenvalue weighted by Crippen LogP contribution is 2.20. The molecule has 7 heteroatoms. The minimum absolute atomic E-state index is 0.135. The van der Waals surface area contributed by atoms with E-state index in [9.17, 15) is 22.0 Å². The minimum atomic E-state index is -4.61. The van der Waals surface area contributed by atoms with Gasteiger partial charge in [0.25, 0.3) is 5.91 Å². The van der Waals surface area contributed by atoms with Crippen molar-refractivity contribution in [3.05, 3.63) is 29.8 Å². The zero-order chi connectivity index (χ0) is 15.5. The number of hydrogen-bond acceptors (Lipinski definition) is 3. The molecule has 1 fully saturated rings. The molecule has 0 unspecified atom stereocenters. The van der Waals surface area contributed by atoms with E-state index < -0.39 is 20.5 Å². The molecule has 0 atom stereocenters. The summed E-state index contributed by atoms with van der Waals surface area (Å²) >= 11 is 0.